The minimum atomic E-state index is -4.08. The van der Waals surface area contributed by atoms with Crippen LogP contribution in [0, 0.1) is 0 Å². The van der Waals surface area contributed by atoms with Gasteiger partial charge in [0.15, 0.2) is 0 Å². The third-order valence-corrected chi connectivity index (χ3v) is 2.85. The second-order valence-electron chi connectivity index (χ2n) is 5.96. The van der Waals surface area contributed by atoms with Crippen LogP contribution in [0.4, 0.5) is 24.8 Å². The number of halogens is 3. The van der Waals surface area contributed by atoms with E-state index in [1.807, 2.05) is 20.8 Å². The van der Waals surface area contributed by atoms with Crippen LogP contribution in [0.2, 0.25) is 0 Å². The fourth-order valence-electron chi connectivity index (χ4n) is 1.67. The molecule has 0 aromatic carbocycles. The van der Waals surface area contributed by atoms with Crippen LogP contribution < -0.4 is 10.6 Å². The average Bonchev–Trinajstić information content (AvgIpc) is 2.35. The van der Waals surface area contributed by atoms with Crippen LogP contribution in [-0.2, 0) is 5.41 Å². The highest BCUT2D eigenvalue weighted by Crippen LogP contribution is 2.23. The van der Waals surface area contributed by atoms with E-state index >= 15 is 0 Å². The van der Waals surface area contributed by atoms with E-state index in [0.717, 1.165) is 0 Å². The van der Waals surface area contributed by atoms with Crippen LogP contribution in [0.1, 0.15) is 45.9 Å². The third kappa shape index (κ3) is 6.64. The maximum atomic E-state index is 12.0. The number of unbranched alkanes of at least 4 members (excludes halogenated alkanes) is 1. The van der Waals surface area contributed by atoms with Crippen molar-refractivity contribution in [1.82, 2.24) is 9.97 Å². The summed E-state index contributed by atoms with van der Waals surface area (Å²) in [4.78, 5) is 8.80. The van der Waals surface area contributed by atoms with Gasteiger partial charge < -0.3 is 10.6 Å². The first kappa shape index (κ1) is 17.5. The lowest BCUT2D eigenvalue weighted by atomic mass is 9.96. The first-order chi connectivity index (χ1) is 9.62. The monoisotopic (exact) mass is 304 g/mol. The number of nitrogens with zero attached hydrogens (tertiary/aromatic N) is 2. The molecule has 0 spiro atoms. The molecule has 21 heavy (non-hydrogen) atoms. The van der Waals surface area contributed by atoms with Crippen molar-refractivity contribution in [3.63, 3.8) is 0 Å². The molecule has 0 aliphatic carbocycles. The molecular weight excluding hydrogens is 281 g/mol. The highest BCUT2D eigenvalue weighted by atomic mass is 19.4. The molecule has 1 aromatic rings. The minimum absolute atomic E-state index is 0.118. The van der Waals surface area contributed by atoms with Crippen LogP contribution in [0.5, 0.6) is 0 Å². The fraction of sp³-hybridized carbons (Fsp3) is 0.714. The molecule has 7 heteroatoms. The second kappa shape index (κ2) is 6.95. The van der Waals surface area contributed by atoms with Crippen LogP contribution in [0.3, 0.4) is 0 Å². The summed E-state index contributed by atoms with van der Waals surface area (Å²) in [5.74, 6) is 2.01. The summed E-state index contributed by atoms with van der Waals surface area (Å²) in [7, 11) is 1.77. The molecular formula is C14H23F3N4. The van der Waals surface area contributed by atoms with E-state index in [1.54, 1.807) is 13.1 Å². The van der Waals surface area contributed by atoms with E-state index in [4.69, 9.17) is 0 Å². The number of hydrogen-bond donors (Lipinski definition) is 2. The summed E-state index contributed by atoms with van der Waals surface area (Å²) in [6, 6.07) is 1.75. The lowest BCUT2D eigenvalue weighted by Gasteiger charge is -2.19. The van der Waals surface area contributed by atoms with Gasteiger partial charge in [-0.05, 0) is 12.8 Å². The van der Waals surface area contributed by atoms with Gasteiger partial charge in [-0.15, -0.1) is 0 Å². The van der Waals surface area contributed by atoms with Crippen molar-refractivity contribution in [2.75, 3.05) is 24.2 Å². The van der Waals surface area contributed by atoms with E-state index in [1.165, 1.54) is 0 Å². The maximum Gasteiger partial charge on any atom is 0.389 e. The minimum Gasteiger partial charge on any atom is -0.373 e. The van der Waals surface area contributed by atoms with Gasteiger partial charge in [0.2, 0.25) is 0 Å². The summed E-state index contributed by atoms with van der Waals surface area (Å²) >= 11 is 0. The first-order valence-electron chi connectivity index (χ1n) is 7.00. The Balaban J connectivity index is 2.59. The average molecular weight is 304 g/mol. The highest BCUT2D eigenvalue weighted by molar-refractivity contribution is 5.47. The Morgan fingerprint density at radius 3 is 2.19 bits per heavy atom. The Kier molecular flexibility index (Phi) is 5.80. The van der Waals surface area contributed by atoms with E-state index in [-0.39, 0.29) is 11.8 Å². The van der Waals surface area contributed by atoms with Gasteiger partial charge in [-0.2, -0.15) is 13.2 Å². The molecule has 0 saturated carbocycles. The van der Waals surface area contributed by atoms with E-state index in [2.05, 4.69) is 20.6 Å². The first-order valence-corrected chi connectivity index (χ1v) is 7.00. The molecule has 0 fully saturated rings. The lowest BCUT2D eigenvalue weighted by Crippen LogP contribution is -2.18. The van der Waals surface area contributed by atoms with Crippen LogP contribution in [0.25, 0.3) is 0 Å². The Bertz CT molecular complexity index is 453. The zero-order valence-electron chi connectivity index (χ0n) is 12.9. The summed E-state index contributed by atoms with van der Waals surface area (Å²) in [6.45, 7) is 6.48. The van der Waals surface area contributed by atoms with Crippen LogP contribution >= 0.6 is 0 Å². The van der Waals surface area contributed by atoms with Gasteiger partial charge in [0.25, 0.3) is 0 Å². The van der Waals surface area contributed by atoms with Crippen molar-refractivity contribution in [2.24, 2.45) is 0 Å². The molecule has 0 radical (unpaired) electrons. The number of alkyl halides is 3. The summed E-state index contributed by atoms with van der Waals surface area (Å²) < 4.78 is 36.1. The molecule has 1 aromatic heterocycles. The summed E-state index contributed by atoms with van der Waals surface area (Å²) in [5, 5.41) is 6.02. The number of rotatable bonds is 6. The van der Waals surface area contributed by atoms with Gasteiger partial charge in [-0.25, -0.2) is 9.97 Å². The molecule has 1 heterocycles. The number of aromatic nitrogens is 2. The standard InChI is InChI=1S/C14H23F3N4/c1-13(2,3)12-20-10(18-4)9-11(21-12)19-8-6-5-7-14(15,16)17/h9H,5-8H2,1-4H3,(H2,18,19,20,21). The smallest absolute Gasteiger partial charge is 0.373 e. The Labute approximate surface area is 123 Å². The molecule has 1 rings (SSSR count). The molecule has 0 aliphatic rings. The highest BCUT2D eigenvalue weighted by Gasteiger charge is 2.25. The molecule has 0 bridgehead atoms. The Morgan fingerprint density at radius 1 is 1.05 bits per heavy atom. The van der Waals surface area contributed by atoms with Gasteiger partial charge in [0.05, 0.1) is 0 Å². The van der Waals surface area contributed by atoms with Crippen LogP contribution in [0.15, 0.2) is 6.07 Å². The summed E-state index contributed by atoms with van der Waals surface area (Å²) in [6.07, 6.45) is -4.25. The second-order valence-corrected chi connectivity index (χ2v) is 5.96. The number of anilines is 2. The molecule has 0 saturated heterocycles. The van der Waals surface area contributed by atoms with Crippen molar-refractivity contribution in [3.05, 3.63) is 11.9 Å². The van der Waals surface area contributed by atoms with Crippen molar-refractivity contribution in [3.8, 4) is 0 Å². The predicted molar refractivity (Wildman–Crippen MR) is 78.7 cm³/mol. The van der Waals surface area contributed by atoms with Crippen molar-refractivity contribution < 1.29 is 13.2 Å². The van der Waals surface area contributed by atoms with Gasteiger partial charge in [-0.3, -0.25) is 0 Å². The summed E-state index contributed by atoms with van der Waals surface area (Å²) in [5.41, 5.74) is -0.195. The fourth-order valence-corrected chi connectivity index (χ4v) is 1.67. The normalized spacial score (nSPS) is 12.3. The molecule has 0 amide bonds. The SMILES string of the molecule is CNc1cc(NCCCCC(F)(F)F)nc(C(C)(C)C)n1. The Morgan fingerprint density at radius 2 is 1.67 bits per heavy atom. The number of nitrogens with one attached hydrogen (secondary N) is 2. The molecule has 120 valence electrons. The maximum absolute atomic E-state index is 12.0. The third-order valence-electron chi connectivity index (χ3n) is 2.85. The molecule has 0 unspecified atom stereocenters. The predicted octanol–water partition coefficient (Wildman–Crippen LogP) is 3.96. The topological polar surface area (TPSA) is 49.8 Å². The van der Waals surface area contributed by atoms with Crippen molar-refractivity contribution >= 4 is 11.6 Å². The van der Waals surface area contributed by atoms with Gasteiger partial charge in [-0.1, -0.05) is 20.8 Å². The van der Waals surface area contributed by atoms with E-state index in [0.29, 0.717) is 30.4 Å². The number of hydrogen-bond acceptors (Lipinski definition) is 4. The van der Waals surface area contributed by atoms with Gasteiger partial charge >= 0.3 is 6.18 Å². The molecule has 0 atom stereocenters. The molecule has 4 nitrogen and oxygen atoms in total. The largest absolute Gasteiger partial charge is 0.389 e. The zero-order chi connectivity index (χ0) is 16.1. The van der Waals surface area contributed by atoms with Crippen molar-refractivity contribution in [2.45, 2.75) is 51.6 Å². The van der Waals surface area contributed by atoms with E-state index < -0.39 is 12.6 Å². The molecule has 2 N–H and O–H groups in total. The molecule has 0 aliphatic heterocycles. The Hall–Kier alpha value is -1.53. The van der Waals surface area contributed by atoms with Crippen LogP contribution in [-0.4, -0.2) is 29.7 Å². The van der Waals surface area contributed by atoms with Crippen molar-refractivity contribution in [1.29, 1.82) is 0 Å². The quantitative estimate of drug-likeness (QED) is 0.781. The zero-order valence-corrected chi connectivity index (χ0v) is 12.9. The van der Waals surface area contributed by atoms with Gasteiger partial charge in [0, 0.05) is 31.5 Å². The van der Waals surface area contributed by atoms with Gasteiger partial charge in [0.1, 0.15) is 17.5 Å². The lowest BCUT2D eigenvalue weighted by molar-refractivity contribution is -0.135. The van der Waals surface area contributed by atoms with E-state index in [9.17, 15) is 13.2 Å².